The molecule has 0 aliphatic heterocycles. The molecule has 0 saturated heterocycles. The molecule has 0 aliphatic carbocycles. The number of rotatable bonds is 7. The van der Waals surface area contributed by atoms with Gasteiger partial charge in [-0.2, -0.15) is 0 Å². The van der Waals surface area contributed by atoms with E-state index in [0.29, 0.717) is 0 Å². The van der Waals surface area contributed by atoms with E-state index in [-0.39, 0.29) is 10.6 Å². The molecule has 20 heavy (non-hydrogen) atoms. The normalized spacial score (nSPS) is 10.7. The van der Waals surface area contributed by atoms with Gasteiger partial charge in [-0.05, 0) is 18.4 Å². The highest BCUT2D eigenvalue weighted by atomic mass is 32.1. The topological polar surface area (TPSA) is 56.0 Å². The third-order valence-electron chi connectivity index (χ3n) is 3.25. The first-order valence-electron chi connectivity index (χ1n) is 6.85. The summed E-state index contributed by atoms with van der Waals surface area (Å²) in [5.41, 5.74) is 4.31. The van der Waals surface area contributed by atoms with Gasteiger partial charge < -0.3 is 0 Å². The van der Waals surface area contributed by atoms with Gasteiger partial charge in [-0.15, -0.1) is 11.3 Å². The molecule has 0 N–H and O–H groups in total. The second kappa shape index (κ2) is 7.14. The number of non-ortho nitro benzene ring substituents is 1. The predicted molar refractivity (Wildman–Crippen MR) is 81.2 cm³/mol. The SMILES string of the molecule is CCCCCc1ncsc1Cc1ccc([N+](=O)[O-])cc1. The van der Waals surface area contributed by atoms with Crippen molar-refractivity contribution >= 4 is 17.0 Å². The first-order valence-corrected chi connectivity index (χ1v) is 7.73. The van der Waals surface area contributed by atoms with Crippen molar-refractivity contribution in [3.05, 3.63) is 56.0 Å². The highest BCUT2D eigenvalue weighted by Crippen LogP contribution is 2.21. The third kappa shape index (κ3) is 3.87. The summed E-state index contributed by atoms with van der Waals surface area (Å²) in [6, 6.07) is 6.78. The molecule has 0 spiro atoms. The molecule has 2 aromatic rings. The maximum absolute atomic E-state index is 10.6. The van der Waals surface area contributed by atoms with E-state index in [1.54, 1.807) is 23.5 Å². The number of nitrogens with zero attached hydrogens (tertiary/aromatic N) is 2. The monoisotopic (exact) mass is 290 g/mol. The molecule has 0 saturated carbocycles. The van der Waals surface area contributed by atoms with Gasteiger partial charge in [-0.1, -0.05) is 31.9 Å². The van der Waals surface area contributed by atoms with Crippen molar-refractivity contribution in [3.63, 3.8) is 0 Å². The van der Waals surface area contributed by atoms with E-state index in [9.17, 15) is 10.1 Å². The Labute approximate surface area is 122 Å². The number of nitro benzene ring substituents is 1. The molecule has 1 aromatic heterocycles. The maximum atomic E-state index is 10.6. The van der Waals surface area contributed by atoms with E-state index in [4.69, 9.17) is 0 Å². The fraction of sp³-hybridized carbons (Fsp3) is 0.400. The third-order valence-corrected chi connectivity index (χ3v) is 4.13. The zero-order valence-corrected chi connectivity index (χ0v) is 12.4. The summed E-state index contributed by atoms with van der Waals surface area (Å²) in [7, 11) is 0. The van der Waals surface area contributed by atoms with Crippen molar-refractivity contribution in [3.8, 4) is 0 Å². The number of aryl methyl sites for hydroxylation is 1. The fourth-order valence-electron chi connectivity index (χ4n) is 2.10. The first kappa shape index (κ1) is 14.7. The lowest BCUT2D eigenvalue weighted by Crippen LogP contribution is -1.94. The number of benzene rings is 1. The molecule has 0 aliphatic rings. The summed E-state index contributed by atoms with van der Waals surface area (Å²) in [6.07, 6.45) is 5.45. The largest absolute Gasteiger partial charge is 0.269 e. The standard InChI is InChI=1S/C15H18N2O2S/c1-2-3-4-5-14-15(20-11-16-14)10-12-6-8-13(9-7-12)17(18)19/h6-9,11H,2-5,10H2,1H3. The number of thiazole rings is 1. The minimum atomic E-state index is -0.368. The smallest absolute Gasteiger partial charge is 0.258 e. The Kier molecular flexibility index (Phi) is 5.24. The fourth-order valence-corrected chi connectivity index (χ4v) is 2.95. The van der Waals surface area contributed by atoms with Crippen LogP contribution in [0, 0.1) is 10.1 Å². The van der Waals surface area contributed by atoms with Gasteiger partial charge in [-0.3, -0.25) is 10.1 Å². The molecule has 106 valence electrons. The van der Waals surface area contributed by atoms with Crippen LogP contribution in [0.25, 0.3) is 0 Å². The minimum Gasteiger partial charge on any atom is -0.258 e. The lowest BCUT2D eigenvalue weighted by molar-refractivity contribution is -0.384. The van der Waals surface area contributed by atoms with E-state index in [1.807, 2.05) is 17.6 Å². The number of unbranched alkanes of at least 4 members (excludes halogenated alkanes) is 2. The summed E-state index contributed by atoms with van der Waals surface area (Å²) in [4.78, 5) is 16.0. The number of hydrogen-bond donors (Lipinski definition) is 0. The summed E-state index contributed by atoms with van der Waals surface area (Å²) >= 11 is 1.67. The van der Waals surface area contributed by atoms with Crippen LogP contribution < -0.4 is 0 Å². The molecule has 0 radical (unpaired) electrons. The van der Waals surface area contributed by atoms with Crippen molar-refractivity contribution in [1.82, 2.24) is 4.98 Å². The molecule has 1 heterocycles. The lowest BCUT2D eigenvalue weighted by Gasteiger charge is -2.03. The molecule has 2 rings (SSSR count). The van der Waals surface area contributed by atoms with Crippen molar-refractivity contribution in [2.45, 2.75) is 39.0 Å². The number of aromatic nitrogens is 1. The van der Waals surface area contributed by atoms with E-state index < -0.39 is 0 Å². The lowest BCUT2D eigenvalue weighted by atomic mass is 10.1. The second-order valence-electron chi connectivity index (χ2n) is 4.78. The van der Waals surface area contributed by atoms with Gasteiger partial charge in [0.15, 0.2) is 0 Å². The average molecular weight is 290 g/mol. The van der Waals surface area contributed by atoms with Crippen LogP contribution in [0.3, 0.4) is 0 Å². The van der Waals surface area contributed by atoms with Gasteiger partial charge in [0.25, 0.3) is 5.69 Å². The van der Waals surface area contributed by atoms with Gasteiger partial charge in [0.05, 0.1) is 16.1 Å². The maximum Gasteiger partial charge on any atom is 0.269 e. The Bertz CT molecular complexity index is 564. The molecular weight excluding hydrogens is 272 g/mol. The Morgan fingerprint density at radius 3 is 2.65 bits per heavy atom. The van der Waals surface area contributed by atoms with E-state index >= 15 is 0 Å². The van der Waals surface area contributed by atoms with Gasteiger partial charge in [0, 0.05) is 23.4 Å². The molecule has 4 nitrogen and oxygen atoms in total. The van der Waals surface area contributed by atoms with Crippen LogP contribution in [-0.4, -0.2) is 9.91 Å². The van der Waals surface area contributed by atoms with Gasteiger partial charge >= 0.3 is 0 Å². The van der Waals surface area contributed by atoms with Crippen LogP contribution in [0.4, 0.5) is 5.69 Å². The molecule has 0 unspecified atom stereocenters. The van der Waals surface area contributed by atoms with Crippen LogP contribution in [-0.2, 0) is 12.8 Å². The summed E-state index contributed by atoms with van der Waals surface area (Å²) in [5.74, 6) is 0. The number of nitro groups is 1. The van der Waals surface area contributed by atoms with Gasteiger partial charge in [0.2, 0.25) is 0 Å². The molecule has 0 atom stereocenters. The van der Waals surface area contributed by atoms with Gasteiger partial charge in [0.1, 0.15) is 0 Å². The molecule has 5 heteroatoms. The second-order valence-corrected chi connectivity index (χ2v) is 5.72. The Balaban J connectivity index is 2.02. The highest BCUT2D eigenvalue weighted by Gasteiger charge is 2.09. The zero-order chi connectivity index (χ0) is 14.4. The van der Waals surface area contributed by atoms with Crippen LogP contribution in [0.5, 0.6) is 0 Å². The molecule has 0 bridgehead atoms. The zero-order valence-electron chi connectivity index (χ0n) is 11.5. The average Bonchev–Trinajstić information content (AvgIpc) is 2.87. The van der Waals surface area contributed by atoms with Crippen molar-refractivity contribution < 1.29 is 4.92 Å². The Hall–Kier alpha value is -1.75. The van der Waals surface area contributed by atoms with Crippen molar-refractivity contribution in [2.24, 2.45) is 0 Å². The molecular formula is C15H18N2O2S. The van der Waals surface area contributed by atoms with Gasteiger partial charge in [-0.25, -0.2) is 4.98 Å². The van der Waals surface area contributed by atoms with Crippen LogP contribution in [0.1, 0.15) is 42.3 Å². The Morgan fingerprint density at radius 1 is 1.25 bits per heavy atom. The van der Waals surface area contributed by atoms with Crippen molar-refractivity contribution in [1.29, 1.82) is 0 Å². The molecule has 0 amide bonds. The van der Waals surface area contributed by atoms with Crippen LogP contribution in [0.15, 0.2) is 29.8 Å². The molecule has 1 aromatic carbocycles. The predicted octanol–water partition coefficient (Wildman–Crippen LogP) is 4.37. The molecule has 0 fully saturated rings. The van der Waals surface area contributed by atoms with Crippen LogP contribution in [0.2, 0.25) is 0 Å². The number of hydrogen-bond acceptors (Lipinski definition) is 4. The summed E-state index contributed by atoms with van der Waals surface area (Å²) in [5, 5.41) is 10.6. The highest BCUT2D eigenvalue weighted by molar-refractivity contribution is 7.09. The van der Waals surface area contributed by atoms with E-state index in [1.165, 1.54) is 29.8 Å². The minimum absolute atomic E-state index is 0.140. The van der Waals surface area contributed by atoms with E-state index in [2.05, 4.69) is 11.9 Å². The quantitative estimate of drug-likeness (QED) is 0.432. The Morgan fingerprint density at radius 2 is 2.00 bits per heavy atom. The summed E-state index contributed by atoms with van der Waals surface area (Å²) in [6.45, 7) is 2.19. The van der Waals surface area contributed by atoms with E-state index in [0.717, 1.165) is 18.4 Å². The van der Waals surface area contributed by atoms with Crippen LogP contribution >= 0.6 is 11.3 Å². The first-order chi connectivity index (χ1) is 9.70. The summed E-state index contributed by atoms with van der Waals surface area (Å²) < 4.78 is 0. The van der Waals surface area contributed by atoms with Crippen molar-refractivity contribution in [2.75, 3.05) is 0 Å².